The Balaban J connectivity index is 1.14. The van der Waals surface area contributed by atoms with Gasteiger partial charge in [0.25, 0.3) is 0 Å². The van der Waals surface area contributed by atoms with Gasteiger partial charge in [-0.2, -0.15) is 0 Å². The van der Waals surface area contributed by atoms with Gasteiger partial charge in [0.15, 0.2) is 0 Å². The lowest BCUT2D eigenvalue weighted by molar-refractivity contribution is 0.597. The zero-order valence-corrected chi connectivity index (χ0v) is 31.1. The number of para-hydroxylation sites is 1. The van der Waals surface area contributed by atoms with Gasteiger partial charge < -0.3 is 11.1 Å². The summed E-state index contributed by atoms with van der Waals surface area (Å²) in [5.41, 5.74) is 21.1. The number of rotatable bonds is 8. The molecule has 0 bridgehead atoms. The van der Waals surface area contributed by atoms with Crippen LogP contribution < -0.4 is 11.1 Å². The van der Waals surface area contributed by atoms with Crippen LogP contribution in [0.15, 0.2) is 187 Å². The molecule has 0 amide bonds. The quantitative estimate of drug-likeness (QED) is 0.109. The zero-order valence-electron chi connectivity index (χ0n) is 30.2. The summed E-state index contributed by atoms with van der Waals surface area (Å²) in [6, 6.07) is 50.0. The van der Waals surface area contributed by atoms with Crippen molar-refractivity contribution in [3.8, 4) is 44.5 Å². The maximum absolute atomic E-state index is 6.34. The molecule has 3 unspecified atom stereocenters. The number of benzene rings is 6. The first-order chi connectivity index (χ1) is 25.8. The average Bonchev–Trinajstić information content (AvgIpc) is 3.19. The molecule has 3 heteroatoms. The van der Waals surface area contributed by atoms with E-state index in [-0.39, 0.29) is 11.5 Å². The van der Waals surface area contributed by atoms with Crippen molar-refractivity contribution in [3.63, 3.8) is 0 Å². The van der Waals surface area contributed by atoms with Gasteiger partial charge in [0.05, 0.1) is 6.04 Å². The number of nitrogen functional groups attached to an aromatic ring is 1. The smallest absolute Gasteiger partial charge is 0.0507 e. The predicted octanol–water partition coefficient (Wildman–Crippen LogP) is 13.1. The molecule has 8 rings (SSSR count). The van der Waals surface area contributed by atoms with E-state index in [1.165, 1.54) is 44.5 Å². The van der Waals surface area contributed by atoms with Crippen molar-refractivity contribution in [2.75, 3.05) is 11.1 Å². The van der Waals surface area contributed by atoms with E-state index in [1.807, 2.05) is 18.2 Å². The normalized spacial score (nSPS) is 19.2. The summed E-state index contributed by atoms with van der Waals surface area (Å²) in [7, 11) is 0. The Kier molecular flexibility index (Phi) is 9.52. The second-order valence-corrected chi connectivity index (χ2v) is 15.0. The van der Waals surface area contributed by atoms with Crippen LogP contribution in [-0.4, -0.2) is 6.04 Å². The first kappa shape index (κ1) is 34.3. The minimum absolute atomic E-state index is 0.140. The molecule has 2 aliphatic rings. The van der Waals surface area contributed by atoms with Crippen molar-refractivity contribution in [1.29, 1.82) is 0 Å². The fourth-order valence-electron chi connectivity index (χ4n) is 7.79. The number of nitrogens with two attached hydrogens (primary N) is 1. The Hall–Kier alpha value is -5.77. The summed E-state index contributed by atoms with van der Waals surface area (Å²) >= 11 is 4.83. The van der Waals surface area contributed by atoms with Gasteiger partial charge in [-0.1, -0.05) is 160 Å². The molecule has 260 valence electrons. The van der Waals surface area contributed by atoms with Crippen molar-refractivity contribution < 1.29 is 0 Å². The molecule has 0 aliphatic heterocycles. The lowest BCUT2D eigenvalue weighted by Crippen LogP contribution is -2.25. The Morgan fingerprint density at radius 3 is 1.89 bits per heavy atom. The van der Waals surface area contributed by atoms with Crippen molar-refractivity contribution in [2.24, 2.45) is 5.92 Å². The third kappa shape index (κ3) is 7.18. The van der Waals surface area contributed by atoms with E-state index in [4.69, 9.17) is 18.4 Å². The van der Waals surface area contributed by atoms with Crippen LogP contribution in [0.1, 0.15) is 31.4 Å². The molecule has 0 heterocycles. The molecule has 6 aromatic carbocycles. The van der Waals surface area contributed by atoms with Gasteiger partial charge in [-0.15, -0.1) is 12.6 Å². The molecule has 3 atom stereocenters. The molecular weight excluding hydrogens is 661 g/mol. The fourth-order valence-corrected chi connectivity index (χ4v) is 8.21. The molecule has 3 N–H and O–H groups in total. The van der Waals surface area contributed by atoms with Crippen LogP contribution in [0.2, 0.25) is 0 Å². The number of hydrogen-bond donors (Lipinski definition) is 3. The molecule has 0 saturated carbocycles. The van der Waals surface area contributed by atoms with Crippen molar-refractivity contribution >= 4 is 29.6 Å². The Labute approximate surface area is 319 Å². The second-order valence-electron chi connectivity index (χ2n) is 14.6. The maximum atomic E-state index is 6.34. The van der Waals surface area contributed by atoms with Gasteiger partial charge in [-0.25, -0.2) is 0 Å². The Morgan fingerprint density at radius 2 is 1.21 bits per heavy atom. The zero-order chi connectivity index (χ0) is 36.4. The van der Waals surface area contributed by atoms with Gasteiger partial charge in [-0.3, -0.25) is 0 Å². The molecule has 2 aliphatic carbocycles. The molecule has 0 aromatic heterocycles. The summed E-state index contributed by atoms with van der Waals surface area (Å²) in [5.74, 6) is 0.370. The highest BCUT2D eigenvalue weighted by Crippen LogP contribution is 2.43. The lowest BCUT2D eigenvalue weighted by Gasteiger charge is -2.32. The molecule has 0 saturated heterocycles. The third-order valence-electron chi connectivity index (χ3n) is 10.8. The minimum Gasteiger partial charge on any atom is -0.398 e. The van der Waals surface area contributed by atoms with Crippen LogP contribution in [0, 0.1) is 5.92 Å². The van der Waals surface area contributed by atoms with Crippen LogP contribution in [0.25, 0.3) is 50.1 Å². The minimum atomic E-state index is -0.140. The van der Waals surface area contributed by atoms with Gasteiger partial charge in [0.1, 0.15) is 0 Å². The highest BCUT2D eigenvalue weighted by molar-refractivity contribution is 7.80. The van der Waals surface area contributed by atoms with Gasteiger partial charge in [-0.05, 0) is 98.8 Å². The second kappa shape index (κ2) is 14.7. The highest BCUT2D eigenvalue weighted by atomic mass is 32.1. The number of anilines is 2. The Bertz CT molecular complexity index is 2430. The van der Waals surface area contributed by atoms with Crippen LogP contribution >= 0.6 is 12.6 Å². The van der Waals surface area contributed by atoms with Gasteiger partial charge in [0.2, 0.25) is 0 Å². The maximum Gasteiger partial charge on any atom is 0.0507 e. The molecule has 2 nitrogen and oxygen atoms in total. The molecular formula is C50H44N2S. The van der Waals surface area contributed by atoms with Crippen molar-refractivity contribution in [1.82, 2.24) is 0 Å². The summed E-state index contributed by atoms with van der Waals surface area (Å²) in [5, 5.41) is 3.95. The van der Waals surface area contributed by atoms with E-state index >= 15 is 0 Å². The standard InChI is InChI=1S/C50H44N2S/c1-34-13-3-7-24-47(34)52-48-32-39(42-20-12-28-50(2,33-42)45-22-5-8-25-49(45)53)26-27-44(48)41-19-11-17-38(31-41)36-15-9-14-35(29-36)37-16-10-18-40(30-37)43-21-4-6-23-46(43)51/h3-32,34,47,52-53H,33,51H2,1-2H3. The lowest BCUT2D eigenvalue weighted by atomic mass is 9.73. The Morgan fingerprint density at radius 1 is 0.604 bits per heavy atom. The van der Waals surface area contributed by atoms with Gasteiger partial charge >= 0.3 is 0 Å². The monoisotopic (exact) mass is 704 g/mol. The number of nitrogens with one attached hydrogen (secondary N) is 1. The van der Waals surface area contributed by atoms with E-state index in [9.17, 15) is 0 Å². The molecule has 53 heavy (non-hydrogen) atoms. The van der Waals surface area contributed by atoms with E-state index in [1.54, 1.807) is 0 Å². The molecule has 0 fully saturated rings. The number of allylic oxidation sites excluding steroid dienone is 6. The molecule has 6 aromatic rings. The number of hydrogen-bond acceptors (Lipinski definition) is 3. The summed E-state index contributed by atoms with van der Waals surface area (Å²) in [6.07, 6.45) is 16.5. The average molecular weight is 705 g/mol. The SMILES string of the molecule is CC1C=CC=CC1Nc1cc(C2=CC=CC(C)(c3ccccc3S)C2)ccc1-c1cccc(-c2cccc(-c3cccc(-c4ccccc4N)c3)c2)c1. The third-order valence-corrected chi connectivity index (χ3v) is 11.2. The van der Waals surface area contributed by atoms with Gasteiger partial charge in [0, 0.05) is 32.8 Å². The van der Waals surface area contributed by atoms with E-state index in [0.29, 0.717) is 5.92 Å². The summed E-state index contributed by atoms with van der Waals surface area (Å²) in [6.45, 7) is 4.59. The summed E-state index contributed by atoms with van der Waals surface area (Å²) < 4.78 is 0. The van der Waals surface area contributed by atoms with Crippen LogP contribution in [0.4, 0.5) is 11.4 Å². The van der Waals surface area contributed by atoms with Crippen LogP contribution in [0.5, 0.6) is 0 Å². The first-order valence-electron chi connectivity index (χ1n) is 18.4. The number of thiol groups is 1. The summed E-state index contributed by atoms with van der Waals surface area (Å²) in [4.78, 5) is 1.03. The van der Waals surface area contributed by atoms with Crippen LogP contribution in [0.3, 0.4) is 0 Å². The molecule has 0 spiro atoms. The highest BCUT2D eigenvalue weighted by Gasteiger charge is 2.29. The van der Waals surface area contributed by atoms with E-state index in [0.717, 1.165) is 39.4 Å². The largest absolute Gasteiger partial charge is 0.398 e. The topological polar surface area (TPSA) is 38.0 Å². The van der Waals surface area contributed by atoms with E-state index in [2.05, 4.69) is 183 Å². The molecule has 0 radical (unpaired) electrons. The van der Waals surface area contributed by atoms with Crippen molar-refractivity contribution in [3.05, 3.63) is 193 Å². The van der Waals surface area contributed by atoms with E-state index < -0.39 is 0 Å². The van der Waals surface area contributed by atoms with Crippen LogP contribution in [-0.2, 0) is 5.41 Å². The first-order valence-corrected chi connectivity index (χ1v) is 18.9. The fraction of sp³-hybridized carbons (Fsp3) is 0.120. The predicted molar refractivity (Wildman–Crippen MR) is 230 cm³/mol. The van der Waals surface area contributed by atoms with Crippen molar-refractivity contribution in [2.45, 2.75) is 36.6 Å².